The molecule has 0 aliphatic heterocycles. The van der Waals surface area contributed by atoms with Crippen LogP contribution in [-0.4, -0.2) is 22.7 Å². The van der Waals surface area contributed by atoms with Gasteiger partial charge in [-0.2, -0.15) is 0 Å². The summed E-state index contributed by atoms with van der Waals surface area (Å²) in [6.07, 6.45) is 0.784. The summed E-state index contributed by atoms with van der Waals surface area (Å²) >= 11 is 1.66. The maximum atomic E-state index is 10.9. The molecule has 1 aromatic heterocycles. The maximum Gasteiger partial charge on any atom is 0.243 e. The van der Waals surface area contributed by atoms with E-state index in [2.05, 4.69) is 11.1 Å². The molecule has 0 unspecified atom stereocenters. The Labute approximate surface area is 137 Å². The quantitative estimate of drug-likeness (QED) is 0.412. The monoisotopic (exact) mass is 328 g/mol. The number of thiazole rings is 1. The molecule has 0 aliphatic carbocycles. The lowest BCUT2D eigenvalue weighted by Crippen LogP contribution is -2.18. The van der Waals surface area contributed by atoms with E-state index in [0.29, 0.717) is 13.0 Å². The van der Waals surface area contributed by atoms with E-state index >= 15 is 0 Å². The minimum absolute atomic E-state index is 0.236. The summed E-state index contributed by atoms with van der Waals surface area (Å²) in [5.74, 6) is 0.346. The number of hydrogen-bond acceptors (Lipinski definition) is 5. The van der Waals surface area contributed by atoms with Crippen molar-refractivity contribution in [1.29, 1.82) is 0 Å². The van der Waals surface area contributed by atoms with Gasteiger partial charge >= 0.3 is 0 Å². The van der Waals surface area contributed by atoms with Crippen LogP contribution in [0.25, 0.3) is 20.8 Å². The van der Waals surface area contributed by atoms with Crippen molar-refractivity contribution >= 4 is 27.5 Å². The lowest BCUT2D eigenvalue weighted by Gasteiger charge is -2.06. The van der Waals surface area contributed by atoms with E-state index in [1.54, 1.807) is 16.8 Å². The molecule has 6 heteroatoms. The van der Waals surface area contributed by atoms with Gasteiger partial charge in [0, 0.05) is 12.0 Å². The van der Waals surface area contributed by atoms with Crippen LogP contribution in [0.15, 0.2) is 48.5 Å². The fraction of sp³-hybridized carbons (Fsp3) is 0.176. The van der Waals surface area contributed by atoms with Gasteiger partial charge < -0.3 is 4.74 Å². The highest BCUT2D eigenvalue weighted by Crippen LogP contribution is 2.30. The second-order valence-electron chi connectivity index (χ2n) is 5.00. The van der Waals surface area contributed by atoms with Crippen LogP contribution in [0.3, 0.4) is 0 Å². The number of amides is 1. The summed E-state index contributed by atoms with van der Waals surface area (Å²) in [6, 6.07) is 15.8. The molecule has 0 atom stereocenters. The molecule has 2 aromatic carbocycles. The first kappa shape index (κ1) is 15.5. The molecule has 0 aliphatic rings. The smallest absolute Gasteiger partial charge is 0.243 e. The molecular formula is C17H16N2O3S. The van der Waals surface area contributed by atoms with Crippen molar-refractivity contribution in [3.8, 4) is 16.3 Å². The summed E-state index contributed by atoms with van der Waals surface area (Å²) in [5.41, 5.74) is 3.66. The van der Waals surface area contributed by atoms with Gasteiger partial charge in [0.2, 0.25) is 5.91 Å². The van der Waals surface area contributed by atoms with E-state index in [-0.39, 0.29) is 6.42 Å². The Morgan fingerprint density at radius 1 is 1.17 bits per heavy atom. The average Bonchev–Trinajstić information content (AvgIpc) is 3.03. The highest BCUT2D eigenvalue weighted by atomic mass is 32.1. The first-order valence-corrected chi connectivity index (χ1v) is 8.09. The Morgan fingerprint density at radius 3 is 2.70 bits per heavy atom. The Balaban J connectivity index is 1.61. The van der Waals surface area contributed by atoms with Gasteiger partial charge in [-0.15, -0.1) is 11.3 Å². The molecule has 23 heavy (non-hydrogen) atoms. The third-order valence-corrected chi connectivity index (χ3v) is 4.42. The molecule has 0 spiro atoms. The molecule has 2 N–H and O–H groups in total. The van der Waals surface area contributed by atoms with Crippen LogP contribution < -0.4 is 10.2 Å². The van der Waals surface area contributed by atoms with Crippen molar-refractivity contribution < 1.29 is 14.7 Å². The summed E-state index contributed by atoms with van der Waals surface area (Å²) in [7, 11) is 0. The second kappa shape index (κ2) is 7.21. The van der Waals surface area contributed by atoms with E-state index in [1.807, 2.05) is 42.5 Å². The van der Waals surface area contributed by atoms with Crippen molar-refractivity contribution in [2.24, 2.45) is 0 Å². The molecule has 0 fully saturated rings. The van der Waals surface area contributed by atoms with Crippen LogP contribution in [0.2, 0.25) is 0 Å². The molecule has 0 bridgehead atoms. The molecule has 0 saturated carbocycles. The van der Waals surface area contributed by atoms with Gasteiger partial charge in [0.1, 0.15) is 10.8 Å². The van der Waals surface area contributed by atoms with Gasteiger partial charge in [-0.3, -0.25) is 10.0 Å². The molecule has 3 aromatic rings. The Bertz CT molecular complexity index is 766. The summed E-state index contributed by atoms with van der Waals surface area (Å²) in [4.78, 5) is 15.5. The number of rotatable bonds is 6. The highest BCUT2D eigenvalue weighted by Gasteiger charge is 2.06. The van der Waals surface area contributed by atoms with E-state index in [1.165, 1.54) is 4.70 Å². The fourth-order valence-electron chi connectivity index (χ4n) is 2.17. The van der Waals surface area contributed by atoms with Gasteiger partial charge in [-0.1, -0.05) is 12.1 Å². The first-order valence-electron chi connectivity index (χ1n) is 7.28. The van der Waals surface area contributed by atoms with Crippen LogP contribution in [-0.2, 0) is 4.79 Å². The van der Waals surface area contributed by atoms with Gasteiger partial charge in [0.15, 0.2) is 0 Å². The number of carbonyl (C=O) groups excluding carboxylic acids is 1. The number of hydroxylamine groups is 1. The zero-order valence-electron chi connectivity index (χ0n) is 12.4. The molecule has 0 saturated heterocycles. The Kier molecular flexibility index (Phi) is 4.85. The lowest BCUT2D eigenvalue weighted by atomic mass is 10.2. The second-order valence-corrected chi connectivity index (χ2v) is 6.03. The number of carbonyl (C=O) groups is 1. The summed E-state index contributed by atoms with van der Waals surface area (Å²) < 4.78 is 6.74. The van der Waals surface area contributed by atoms with Crippen molar-refractivity contribution in [3.05, 3.63) is 48.5 Å². The maximum absolute atomic E-state index is 10.9. The van der Waals surface area contributed by atoms with Crippen molar-refractivity contribution in [1.82, 2.24) is 10.5 Å². The minimum atomic E-state index is -0.403. The predicted octanol–water partition coefficient (Wildman–Crippen LogP) is 3.63. The average molecular weight is 328 g/mol. The standard InChI is InChI=1S/C17H16N2O3S/c20-16(19-21)6-3-11-22-13-9-7-12(8-10-13)17-18-14-4-1-2-5-15(14)23-17/h1-2,4-5,7-10,21H,3,6,11H2,(H,19,20). The molecular weight excluding hydrogens is 312 g/mol. The largest absolute Gasteiger partial charge is 0.494 e. The van der Waals surface area contributed by atoms with Crippen LogP contribution in [0.4, 0.5) is 0 Å². The van der Waals surface area contributed by atoms with Gasteiger partial charge in [-0.25, -0.2) is 10.5 Å². The minimum Gasteiger partial charge on any atom is -0.494 e. The van der Waals surface area contributed by atoms with Gasteiger partial charge in [0.25, 0.3) is 0 Å². The topological polar surface area (TPSA) is 71.5 Å². The molecule has 0 radical (unpaired) electrons. The number of nitrogens with zero attached hydrogens (tertiary/aromatic N) is 1. The van der Waals surface area contributed by atoms with E-state index in [9.17, 15) is 4.79 Å². The number of nitrogens with one attached hydrogen (secondary N) is 1. The van der Waals surface area contributed by atoms with E-state index in [0.717, 1.165) is 21.8 Å². The summed E-state index contributed by atoms with van der Waals surface area (Å²) in [5, 5.41) is 9.38. The van der Waals surface area contributed by atoms with Gasteiger partial charge in [0.05, 0.1) is 16.8 Å². The molecule has 3 rings (SSSR count). The van der Waals surface area contributed by atoms with E-state index < -0.39 is 5.91 Å². The summed E-state index contributed by atoms with van der Waals surface area (Å²) in [6.45, 7) is 0.425. The first-order chi connectivity index (χ1) is 11.3. The van der Waals surface area contributed by atoms with Crippen LogP contribution in [0.5, 0.6) is 5.75 Å². The Morgan fingerprint density at radius 2 is 1.96 bits per heavy atom. The highest BCUT2D eigenvalue weighted by molar-refractivity contribution is 7.21. The van der Waals surface area contributed by atoms with Crippen molar-refractivity contribution in [2.75, 3.05) is 6.61 Å². The van der Waals surface area contributed by atoms with Crippen molar-refractivity contribution in [3.63, 3.8) is 0 Å². The third-order valence-electron chi connectivity index (χ3n) is 3.34. The Hall–Kier alpha value is -2.44. The van der Waals surface area contributed by atoms with Crippen LogP contribution in [0, 0.1) is 0 Å². The lowest BCUT2D eigenvalue weighted by molar-refractivity contribution is -0.129. The molecule has 5 nitrogen and oxygen atoms in total. The van der Waals surface area contributed by atoms with E-state index in [4.69, 9.17) is 9.94 Å². The zero-order valence-corrected chi connectivity index (χ0v) is 13.2. The molecule has 118 valence electrons. The molecule has 1 amide bonds. The number of ether oxygens (including phenoxy) is 1. The van der Waals surface area contributed by atoms with Crippen LogP contribution >= 0.6 is 11.3 Å². The zero-order chi connectivity index (χ0) is 16.1. The predicted molar refractivity (Wildman–Crippen MR) is 89.7 cm³/mol. The number of hydrogen-bond donors (Lipinski definition) is 2. The van der Waals surface area contributed by atoms with Crippen molar-refractivity contribution in [2.45, 2.75) is 12.8 Å². The fourth-order valence-corrected chi connectivity index (χ4v) is 3.14. The normalized spacial score (nSPS) is 10.7. The molecule has 1 heterocycles. The number of benzene rings is 2. The van der Waals surface area contributed by atoms with Crippen LogP contribution in [0.1, 0.15) is 12.8 Å². The number of aromatic nitrogens is 1. The third kappa shape index (κ3) is 3.85. The SMILES string of the molecule is O=C(CCCOc1ccc(-c2nc3ccccc3s2)cc1)NO. The number of para-hydroxylation sites is 1. The van der Waals surface area contributed by atoms with Gasteiger partial charge in [-0.05, 0) is 42.8 Å². The number of fused-ring (bicyclic) bond motifs is 1.